The van der Waals surface area contributed by atoms with Crippen LogP contribution in [0.4, 0.5) is 0 Å². The molecule has 2 aromatic carbocycles. The lowest BCUT2D eigenvalue weighted by molar-refractivity contribution is 0.557. The Morgan fingerprint density at radius 2 is 1.86 bits per heavy atom. The molecule has 4 aromatic rings. The highest BCUT2D eigenvalue weighted by Gasteiger charge is 2.10. The third kappa shape index (κ3) is 2.34. The number of hydrogen-bond donors (Lipinski definition) is 0. The highest BCUT2D eigenvalue weighted by Crippen LogP contribution is 2.36. The van der Waals surface area contributed by atoms with E-state index in [9.17, 15) is 4.79 Å². The summed E-state index contributed by atoms with van der Waals surface area (Å²) in [5.74, 6) is 0. The molecule has 4 rings (SSSR count). The average Bonchev–Trinajstić information content (AvgIpc) is 2.89. The maximum absolute atomic E-state index is 11.7. The van der Waals surface area contributed by atoms with E-state index in [0.29, 0.717) is 5.58 Å². The van der Waals surface area contributed by atoms with Gasteiger partial charge in [-0.25, -0.2) is 9.78 Å². The predicted octanol–water partition coefficient (Wildman–Crippen LogP) is 4.55. The molecule has 0 radical (unpaired) electrons. The summed E-state index contributed by atoms with van der Waals surface area (Å²) in [6, 6.07) is 17.1. The van der Waals surface area contributed by atoms with Crippen molar-refractivity contribution in [1.29, 1.82) is 0 Å². The topological polar surface area (TPSA) is 43.1 Å². The number of fused-ring (bicyclic) bond motifs is 2. The standard InChI is InChI=1S/C16H9NO2S2/c18-15-9-14(10-5-1-3-7-12(10)19-15)21-16-17-11-6-2-4-8-13(11)20-16/h1-9H. The molecule has 0 aliphatic rings. The van der Waals surface area contributed by atoms with Crippen molar-refractivity contribution < 1.29 is 4.42 Å². The second-order valence-corrected chi connectivity index (χ2v) is 6.80. The smallest absolute Gasteiger partial charge is 0.337 e. The molecule has 0 atom stereocenters. The van der Waals surface area contributed by atoms with Gasteiger partial charge in [0.25, 0.3) is 0 Å². The predicted molar refractivity (Wildman–Crippen MR) is 86.2 cm³/mol. The van der Waals surface area contributed by atoms with Crippen LogP contribution in [0.3, 0.4) is 0 Å². The van der Waals surface area contributed by atoms with Gasteiger partial charge >= 0.3 is 5.63 Å². The number of para-hydroxylation sites is 2. The Morgan fingerprint density at radius 1 is 1.05 bits per heavy atom. The van der Waals surface area contributed by atoms with Crippen molar-refractivity contribution in [2.24, 2.45) is 0 Å². The second-order valence-electron chi connectivity index (χ2n) is 4.48. The molecular weight excluding hydrogens is 302 g/mol. The Labute approximate surface area is 128 Å². The molecule has 0 unspecified atom stereocenters. The summed E-state index contributed by atoms with van der Waals surface area (Å²) in [5.41, 5.74) is 1.25. The third-order valence-corrected chi connectivity index (χ3v) is 5.24. The molecule has 2 heterocycles. The van der Waals surface area contributed by atoms with Gasteiger partial charge in [-0.2, -0.15) is 0 Å². The van der Waals surface area contributed by atoms with Gasteiger partial charge in [-0.05, 0) is 18.2 Å². The normalized spacial score (nSPS) is 11.2. The molecule has 0 fully saturated rings. The fourth-order valence-corrected chi connectivity index (χ4v) is 4.32. The van der Waals surface area contributed by atoms with Crippen LogP contribution in [0, 0.1) is 0 Å². The minimum Gasteiger partial charge on any atom is -0.423 e. The number of rotatable bonds is 2. The number of nitrogens with zero attached hydrogens (tertiary/aromatic N) is 1. The van der Waals surface area contributed by atoms with E-state index in [-0.39, 0.29) is 5.63 Å². The molecule has 0 amide bonds. The summed E-state index contributed by atoms with van der Waals surface area (Å²) < 4.78 is 7.28. The van der Waals surface area contributed by atoms with Gasteiger partial charge in [0.15, 0.2) is 4.34 Å². The molecular formula is C16H9NO2S2. The van der Waals surface area contributed by atoms with E-state index >= 15 is 0 Å². The molecule has 0 bridgehead atoms. The van der Waals surface area contributed by atoms with Gasteiger partial charge in [0.1, 0.15) is 5.58 Å². The molecule has 102 valence electrons. The number of hydrogen-bond acceptors (Lipinski definition) is 5. The molecule has 0 aliphatic heterocycles. The van der Waals surface area contributed by atoms with Crippen molar-refractivity contribution in [2.45, 2.75) is 9.24 Å². The van der Waals surface area contributed by atoms with Gasteiger partial charge in [0, 0.05) is 16.3 Å². The number of thiazole rings is 1. The van der Waals surface area contributed by atoms with E-state index in [1.54, 1.807) is 17.4 Å². The molecule has 0 saturated carbocycles. The zero-order chi connectivity index (χ0) is 14.2. The van der Waals surface area contributed by atoms with Crippen LogP contribution < -0.4 is 5.63 Å². The van der Waals surface area contributed by atoms with Crippen molar-refractivity contribution >= 4 is 44.3 Å². The Bertz CT molecular complexity index is 971. The maximum Gasteiger partial charge on any atom is 0.337 e. The van der Waals surface area contributed by atoms with E-state index in [4.69, 9.17) is 4.42 Å². The first-order valence-corrected chi connectivity index (χ1v) is 7.99. The SMILES string of the molecule is O=c1cc(Sc2nc3ccccc3s2)c2ccccc2o1. The van der Waals surface area contributed by atoms with Gasteiger partial charge < -0.3 is 4.42 Å². The van der Waals surface area contributed by atoms with E-state index in [2.05, 4.69) is 11.1 Å². The summed E-state index contributed by atoms with van der Waals surface area (Å²) in [4.78, 5) is 17.1. The van der Waals surface area contributed by atoms with E-state index in [0.717, 1.165) is 24.8 Å². The molecule has 0 aliphatic carbocycles. The van der Waals surface area contributed by atoms with Crippen molar-refractivity contribution in [2.75, 3.05) is 0 Å². The lowest BCUT2D eigenvalue weighted by Crippen LogP contribution is -1.96. The van der Waals surface area contributed by atoms with Gasteiger partial charge in [0.2, 0.25) is 0 Å². The van der Waals surface area contributed by atoms with E-state index < -0.39 is 0 Å². The van der Waals surface area contributed by atoms with Crippen LogP contribution in [0.15, 0.2) is 73.0 Å². The highest BCUT2D eigenvalue weighted by molar-refractivity contribution is 8.01. The fraction of sp³-hybridized carbons (Fsp3) is 0. The summed E-state index contributed by atoms with van der Waals surface area (Å²) in [6.45, 7) is 0. The Kier molecular flexibility index (Phi) is 3.02. The van der Waals surface area contributed by atoms with E-state index in [1.165, 1.54) is 17.8 Å². The first kappa shape index (κ1) is 12.6. The molecule has 2 aromatic heterocycles. The molecule has 3 nitrogen and oxygen atoms in total. The van der Waals surface area contributed by atoms with Crippen molar-refractivity contribution in [3.8, 4) is 0 Å². The maximum atomic E-state index is 11.7. The summed E-state index contributed by atoms with van der Waals surface area (Å²) in [7, 11) is 0. The first-order chi connectivity index (χ1) is 10.3. The van der Waals surface area contributed by atoms with Crippen molar-refractivity contribution in [1.82, 2.24) is 4.98 Å². The third-order valence-electron chi connectivity index (χ3n) is 3.08. The lowest BCUT2D eigenvalue weighted by atomic mass is 10.2. The van der Waals surface area contributed by atoms with Crippen LogP contribution in [0.5, 0.6) is 0 Å². The van der Waals surface area contributed by atoms with Crippen LogP contribution in [-0.4, -0.2) is 4.98 Å². The zero-order valence-corrected chi connectivity index (χ0v) is 12.4. The first-order valence-electron chi connectivity index (χ1n) is 6.36. The Hall–Kier alpha value is -2.11. The van der Waals surface area contributed by atoms with Crippen LogP contribution in [0.1, 0.15) is 0 Å². The van der Waals surface area contributed by atoms with Gasteiger partial charge in [-0.15, -0.1) is 11.3 Å². The quantitative estimate of drug-likeness (QED) is 0.509. The van der Waals surface area contributed by atoms with Crippen molar-refractivity contribution in [3.05, 3.63) is 65.0 Å². The summed E-state index contributed by atoms with van der Waals surface area (Å²) in [6.07, 6.45) is 0. The van der Waals surface area contributed by atoms with Crippen LogP contribution in [0.2, 0.25) is 0 Å². The Balaban J connectivity index is 1.85. The van der Waals surface area contributed by atoms with E-state index in [1.807, 2.05) is 36.4 Å². The highest BCUT2D eigenvalue weighted by atomic mass is 32.2. The van der Waals surface area contributed by atoms with Gasteiger partial charge in [-0.1, -0.05) is 42.1 Å². The van der Waals surface area contributed by atoms with Crippen LogP contribution in [-0.2, 0) is 0 Å². The monoisotopic (exact) mass is 311 g/mol. The number of aromatic nitrogens is 1. The van der Waals surface area contributed by atoms with Crippen LogP contribution >= 0.6 is 23.1 Å². The second kappa shape index (κ2) is 5.02. The molecule has 0 spiro atoms. The minimum absolute atomic E-state index is 0.336. The van der Waals surface area contributed by atoms with Gasteiger partial charge in [0.05, 0.1) is 10.2 Å². The largest absolute Gasteiger partial charge is 0.423 e. The molecule has 21 heavy (non-hydrogen) atoms. The van der Waals surface area contributed by atoms with Crippen molar-refractivity contribution in [3.63, 3.8) is 0 Å². The molecule has 0 N–H and O–H groups in total. The minimum atomic E-state index is -0.336. The average molecular weight is 311 g/mol. The summed E-state index contributed by atoms with van der Waals surface area (Å²) in [5, 5.41) is 0.932. The Morgan fingerprint density at radius 3 is 2.76 bits per heavy atom. The fourth-order valence-electron chi connectivity index (χ4n) is 2.16. The summed E-state index contributed by atoms with van der Waals surface area (Å²) >= 11 is 3.13. The lowest BCUT2D eigenvalue weighted by Gasteiger charge is -2.02. The molecule has 0 saturated heterocycles. The van der Waals surface area contributed by atoms with Gasteiger partial charge in [-0.3, -0.25) is 0 Å². The zero-order valence-electron chi connectivity index (χ0n) is 10.8. The van der Waals surface area contributed by atoms with Crippen LogP contribution in [0.25, 0.3) is 21.2 Å². The molecule has 5 heteroatoms. The number of benzene rings is 2.